The number of rotatable bonds is 4. The number of nitrogens with one attached hydrogen (secondary N) is 1. The first kappa shape index (κ1) is 10.3. The molecule has 1 aromatic carbocycles. The predicted octanol–water partition coefficient (Wildman–Crippen LogP) is 2.60. The molecule has 72 valence electrons. The van der Waals surface area contributed by atoms with Crippen molar-refractivity contribution in [1.82, 2.24) is 5.32 Å². The van der Waals surface area contributed by atoms with Gasteiger partial charge in [-0.15, -0.1) is 0 Å². The molecular weight excluding hydrogens is 158 g/mol. The minimum absolute atomic E-state index is 0.746. The van der Waals surface area contributed by atoms with Crippen LogP contribution in [0.1, 0.15) is 25.0 Å². The normalized spacial score (nSPS) is 10.8. The fraction of sp³-hybridized carbons (Fsp3) is 0.500. The lowest BCUT2D eigenvalue weighted by atomic mass is 10.0. The summed E-state index contributed by atoms with van der Waals surface area (Å²) in [6.45, 7) is 5.46. The molecule has 0 saturated carbocycles. The first-order chi connectivity index (χ1) is 6.22. The zero-order chi connectivity index (χ0) is 9.68. The van der Waals surface area contributed by atoms with Crippen molar-refractivity contribution in [2.75, 3.05) is 7.05 Å². The molecule has 0 aliphatic carbocycles. The van der Waals surface area contributed by atoms with E-state index in [0.717, 1.165) is 12.5 Å². The van der Waals surface area contributed by atoms with E-state index >= 15 is 0 Å². The van der Waals surface area contributed by atoms with E-state index < -0.39 is 0 Å². The first-order valence-electron chi connectivity index (χ1n) is 4.94. The Morgan fingerprint density at radius 1 is 1.08 bits per heavy atom. The minimum atomic E-state index is 0.746. The van der Waals surface area contributed by atoms with Gasteiger partial charge in [0, 0.05) is 6.54 Å². The molecule has 1 aromatic rings. The van der Waals surface area contributed by atoms with Crippen molar-refractivity contribution in [2.45, 2.75) is 26.8 Å². The lowest BCUT2D eigenvalue weighted by Crippen LogP contribution is -2.04. The summed E-state index contributed by atoms with van der Waals surface area (Å²) in [4.78, 5) is 0. The molecule has 13 heavy (non-hydrogen) atoms. The van der Waals surface area contributed by atoms with E-state index in [4.69, 9.17) is 0 Å². The van der Waals surface area contributed by atoms with E-state index in [0.29, 0.717) is 0 Å². The Morgan fingerprint density at radius 3 is 2.08 bits per heavy atom. The largest absolute Gasteiger partial charge is 0.316 e. The topological polar surface area (TPSA) is 12.0 Å². The molecule has 0 aliphatic rings. The van der Waals surface area contributed by atoms with Crippen molar-refractivity contribution < 1.29 is 0 Å². The van der Waals surface area contributed by atoms with E-state index in [1.54, 1.807) is 0 Å². The Labute approximate surface area is 81.2 Å². The average Bonchev–Trinajstić information content (AvgIpc) is 2.08. The van der Waals surface area contributed by atoms with Gasteiger partial charge in [0.1, 0.15) is 0 Å². The lowest BCUT2D eigenvalue weighted by molar-refractivity contribution is 0.647. The van der Waals surface area contributed by atoms with Gasteiger partial charge in [-0.1, -0.05) is 38.1 Å². The first-order valence-corrected chi connectivity index (χ1v) is 4.94. The van der Waals surface area contributed by atoms with Crippen molar-refractivity contribution in [3.8, 4) is 0 Å². The Balaban J connectivity index is 2.59. The SMILES string of the molecule is CNCc1ccc(CC(C)C)cc1. The lowest BCUT2D eigenvalue weighted by Gasteiger charge is -2.05. The summed E-state index contributed by atoms with van der Waals surface area (Å²) in [5.74, 6) is 0.746. The quantitative estimate of drug-likeness (QED) is 0.745. The van der Waals surface area contributed by atoms with Gasteiger partial charge in [0.15, 0.2) is 0 Å². The summed E-state index contributed by atoms with van der Waals surface area (Å²) in [7, 11) is 1.97. The van der Waals surface area contributed by atoms with Crippen molar-refractivity contribution in [3.05, 3.63) is 35.4 Å². The Bertz CT molecular complexity index is 236. The third-order valence-electron chi connectivity index (χ3n) is 2.05. The van der Waals surface area contributed by atoms with Crippen molar-refractivity contribution in [2.24, 2.45) is 5.92 Å². The highest BCUT2D eigenvalue weighted by Crippen LogP contribution is 2.09. The van der Waals surface area contributed by atoms with Crippen LogP contribution in [0.25, 0.3) is 0 Å². The highest BCUT2D eigenvalue weighted by atomic mass is 14.8. The summed E-state index contributed by atoms with van der Waals surface area (Å²) in [5.41, 5.74) is 2.80. The van der Waals surface area contributed by atoms with Gasteiger partial charge in [-0.3, -0.25) is 0 Å². The molecule has 1 N–H and O–H groups in total. The van der Waals surface area contributed by atoms with Crippen LogP contribution in [0.2, 0.25) is 0 Å². The van der Waals surface area contributed by atoms with Gasteiger partial charge in [0.2, 0.25) is 0 Å². The maximum Gasteiger partial charge on any atom is 0.0202 e. The Hall–Kier alpha value is -0.820. The standard InChI is InChI=1S/C12H19N/c1-10(2)8-11-4-6-12(7-5-11)9-13-3/h4-7,10,13H,8-9H2,1-3H3. The van der Waals surface area contributed by atoms with Gasteiger partial charge in [-0.25, -0.2) is 0 Å². The average molecular weight is 177 g/mol. The molecule has 0 saturated heterocycles. The highest BCUT2D eigenvalue weighted by Gasteiger charge is 1.97. The smallest absolute Gasteiger partial charge is 0.0202 e. The summed E-state index contributed by atoms with van der Waals surface area (Å²) < 4.78 is 0. The molecule has 0 aliphatic heterocycles. The fourth-order valence-electron chi connectivity index (χ4n) is 1.47. The van der Waals surface area contributed by atoms with Gasteiger partial charge < -0.3 is 5.32 Å². The second-order valence-corrected chi connectivity index (χ2v) is 3.94. The molecule has 1 heteroatoms. The van der Waals surface area contributed by atoms with Gasteiger partial charge >= 0.3 is 0 Å². The van der Waals surface area contributed by atoms with Crippen molar-refractivity contribution in [3.63, 3.8) is 0 Å². The fourth-order valence-corrected chi connectivity index (χ4v) is 1.47. The van der Waals surface area contributed by atoms with Crippen LogP contribution in [0.15, 0.2) is 24.3 Å². The number of benzene rings is 1. The van der Waals surface area contributed by atoms with Crippen LogP contribution in [0.5, 0.6) is 0 Å². The van der Waals surface area contributed by atoms with Crippen LogP contribution in [0.3, 0.4) is 0 Å². The molecule has 0 amide bonds. The predicted molar refractivity (Wildman–Crippen MR) is 57.7 cm³/mol. The molecule has 0 fully saturated rings. The van der Waals surface area contributed by atoms with Gasteiger partial charge in [0.25, 0.3) is 0 Å². The van der Waals surface area contributed by atoms with Gasteiger partial charge in [-0.2, -0.15) is 0 Å². The summed E-state index contributed by atoms with van der Waals surface area (Å²) in [6.07, 6.45) is 1.18. The molecule has 1 nitrogen and oxygen atoms in total. The second-order valence-electron chi connectivity index (χ2n) is 3.94. The maximum absolute atomic E-state index is 3.14. The minimum Gasteiger partial charge on any atom is -0.316 e. The highest BCUT2D eigenvalue weighted by molar-refractivity contribution is 5.22. The van der Waals surface area contributed by atoms with Gasteiger partial charge in [-0.05, 0) is 30.5 Å². The van der Waals surface area contributed by atoms with Crippen LogP contribution >= 0.6 is 0 Å². The molecule has 0 bridgehead atoms. The summed E-state index contributed by atoms with van der Waals surface area (Å²) in [6, 6.07) is 8.86. The van der Waals surface area contributed by atoms with Crippen LogP contribution in [0.4, 0.5) is 0 Å². The Morgan fingerprint density at radius 2 is 1.62 bits per heavy atom. The second kappa shape index (κ2) is 5.03. The van der Waals surface area contributed by atoms with E-state index in [9.17, 15) is 0 Å². The monoisotopic (exact) mass is 177 g/mol. The molecule has 0 spiro atoms. The van der Waals surface area contributed by atoms with E-state index in [1.165, 1.54) is 17.5 Å². The third kappa shape index (κ3) is 3.60. The summed E-state index contributed by atoms with van der Waals surface area (Å²) in [5, 5.41) is 3.14. The van der Waals surface area contributed by atoms with Gasteiger partial charge in [0.05, 0.1) is 0 Å². The molecule has 0 aromatic heterocycles. The van der Waals surface area contributed by atoms with Crippen LogP contribution < -0.4 is 5.32 Å². The van der Waals surface area contributed by atoms with Crippen LogP contribution in [0, 0.1) is 5.92 Å². The maximum atomic E-state index is 3.14. The molecule has 0 radical (unpaired) electrons. The van der Waals surface area contributed by atoms with Crippen LogP contribution in [-0.2, 0) is 13.0 Å². The molecular formula is C12H19N. The molecule has 1 rings (SSSR count). The number of hydrogen-bond donors (Lipinski definition) is 1. The Kier molecular flexibility index (Phi) is 3.97. The summed E-state index contributed by atoms with van der Waals surface area (Å²) >= 11 is 0. The number of hydrogen-bond acceptors (Lipinski definition) is 1. The zero-order valence-electron chi connectivity index (χ0n) is 8.80. The molecule has 0 atom stereocenters. The van der Waals surface area contributed by atoms with E-state index in [2.05, 4.69) is 43.4 Å². The van der Waals surface area contributed by atoms with E-state index in [-0.39, 0.29) is 0 Å². The molecule has 0 heterocycles. The third-order valence-corrected chi connectivity index (χ3v) is 2.05. The molecule has 0 unspecified atom stereocenters. The van der Waals surface area contributed by atoms with Crippen molar-refractivity contribution in [1.29, 1.82) is 0 Å². The zero-order valence-corrected chi connectivity index (χ0v) is 8.80. The van der Waals surface area contributed by atoms with E-state index in [1.807, 2.05) is 7.05 Å². The van der Waals surface area contributed by atoms with Crippen molar-refractivity contribution >= 4 is 0 Å². The van der Waals surface area contributed by atoms with Crippen LogP contribution in [-0.4, -0.2) is 7.05 Å².